The number of benzene rings is 3. The molecule has 0 aliphatic carbocycles. The molecule has 34 heavy (non-hydrogen) atoms. The van der Waals surface area contributed by atoms with Crippen LogP contribution in [0.4, 0.5) is 10.1 Å². The van der Waals surface area contributed by atoms with Crippen LogP contribution in [0.3, 0.4) is 0 Å². The second kappa shape index (κ2) is 10.1. The molecule has 0 atom stereocenters. The molecular formula is C27H25FN2O3S. The Morgan fingerprint density at radius 1 is 1.03 bits per heavy atom. The first-order valence-electron chi connectivity index (χ1n) is 10.9. The van der Waals surface area contributed by atoms with Crippen molar-refractivity contribution in [2.75, 3.05) is 11.5 Å². The van der Waals surface area contributed by atoms with Crippen molar-refractivity contribution in [3.8, 4) is 11.5 Å². The van der Waals surface area contributed by atoms with E-state index in [1.54, 1.807) is 36.4 Å². The normalized spacial score (nSPS) is 14.7. The van der Waals surface area contributed by atoms with Crippen molar-refractivity contribution in [1.82, 2.24) is 0 Å². The molecule has 3 aromatic rings. The first kappa shape index (κ1) is 23.6. The summed E-state index contributed by atoms with van der Waals surface area (Å²) >= 11 is 1.13. The lowest BCUT2D eigenvalue weighted by molar-refractivity contribution is -0.113. The number of carbonyl (C=O) groups is 1. The van der Waals surface area contributed by atoms with E-state index < -0.39 is 0 Å². The Hall–Kier alpha value is -3.58. The average Bonchev–Trinajstić information content (AvgIpc) is 3.08. The lowest BCUT2D eigenvalue weighted by Gasteiger charge is -2.17. The minimum atomic E-state index is -0.325. The van der Waals surface area contributed by atoms with E-state index in [-0.39, 0.29) is 23.5 Å². The van der Waals surface area contributed by atoms with E-state index in [2.05, 4.69) is 0 Å². The van der Waals surface area contributed by atoms with Crippen LogP contribution in [0.25, 0.3) is 6.08 Å². The molecule has 1 fully saturated rings. The molecular weight excluding hydrogens is 451 g/mol. The van der Waals surface area contributed by atoms with Crippen molar-refractivity contribution < 1.29 is 18.7 Å². The van der Waals surface area contributed by atoms with Crippen LogP contribution in [0.15, 0.2) is 65.6 Å². The Labute approximate surface area is 202 Å². The zero-order chi connectivity index (χ0) is 24.2. The van der Waals surface area contributed by atoms with Crippen LogP contribution in [0.1, 0.15) is 29.2 Å². The van der Waals surface area contributed by atoms with Crippen LogP contribution in [-0.2, 0) is 11.4 Å². The van der Waals surface area contributed by atoms with Gasteiger partial charge in [-0.25, -0.2) is 4.39 Å². The molecule has 1 N–H and O–H groups in total. The van der Waals surface area contributed by atoms with Gasteiger partial charge in [-0.15, -0.1) is 0 Å². The number of ether oxygens (including phenoxy) is 2. The number of nitrogens with one attached hydrogen (secondary N) is 1. The van der Waals surface area contributed by atoms with Gasteiger partial charge in [-0.05, 0) is 79.6 Å². The van der Waals surface area contributed by atoms with Crippen LogP contribution < -0.4 is 14.4 Å². The van der Waals surface area contributed by atoms with Crippen LogP contribution in [-0.4, -0.2) is 17.7 Å². The molecule has 0 aromatic heterocycles. The summed E-state index contributed by atoms with van der Waals surface area (Å²) in [5.74, 6) is 0.434. The predicted octanol–water partition coefficient (Wildman–Crippen LogP) is 6.48. The van der Waals surface area contributed by atoms with Gasteiger partial charge in [0.05, 0.1) is 17.2 Å². The monoisotopic (exact) mass is 476 g/mol. The number of hydrogen-bond acceptors (Lipinski definition) is 5. The molecule has 0 saturated carbocycles. The maximum Gasteiger partial charge on any atom is 0.271 e. The molecule has 1 saturated heterocycles. The lowest BCUT2D eigenvalue weighted by atomic mass is 10.1. The van der Waals surface area contributed by atoms with Crippen LogP contribution in [0, 0.1) is 25.1 Å². The van der Waals surface area contributed by atoms with Gasteiger partial charge in [0, 0.05) is 5.56 Å². The van der Waals surface area contributed by atoms with Gasteiger partial charge < -0.3 is 9.47 Å². The fourth-order valence-electron chi connectivity index (χ4n) is 3.59. The number of nitrogens with zero attached hydrogens (tertiary/aromatic N) is 1. The van der Waals surface area contributed by atoms with Gasteiger partial charge in [0.1, 0.15) is 12.4 Å². The SMILES string of the molecule is CCOc1cc(/C=C2\SC(=N)N(c3cc(C)ccc3C)C2=O)ccc1OCc1ccccc1F. The van der Waals surface area contributed by atoms with Gasteiger partial charge >= 0.3 is 0 Å². The Balaban J connectivity index is 1.58. The van der Waals surface area contributed by atoms with Crippen molar-refractivity contribution in [1.29, 1.82) is 5.41 Å². The Kier molecular flexibility index (Phi) is 7.03. The van der Waals surface area contributed by atoms with Gasteiger partial charge in [-0.2, -0.15) is 0 Å². The number of halogens is 1. The van der Waals surface area contributed by atoms with E-state index in [1.165, 1.54) is 11.0 Å². The zero-order valence-corrected chi connectivity index (χ0v) is 20.0. The highest BCUT2D eigenvalue weighted by Gasteiger charge is 2.34. The van der Waals surface area contributed by atoms with Crippen molar-refractivity contribution in [3.05, 3.63) is 93.6 Å². The summed E-state index contributed by atoms with van der Waals surface area (Å²) in [6.07, 6.45) is 1.75. The topological polar surface area (TPSA) is 62.6 Å². The lowest BCUT2D eigenvalue weighted by Crippen LogP contribution is -2.28. The van der Waals surface area contributed by atoms with Gasteiger partial charge in [-0.1, -0.05) is 36.4 Å². The molecule has 1 aliphatic rings. The fraction of sp³-hybridized carbons (Fsp3) is 0.185. The number of carbonyl (C=O) groups excluding carboxylic acids is 1. The Bertz CT molecular complexity index is 1290. The van der Waals surface area contributed by atoms with Crippen molar-refractivity contribution in [3.63, 3.8) is 0 Å². The van der Waals surface area contributed by atoms with Crippen LogP contribution in [0.2, 0.25) is 0 Å². The second-order valence-electron chi connectivity index (χ2n) is 7.87. The molecule has 174 valence electrons. The smallest absolute Gasteiger partial charge is 0.271 e. The van der Waals surface area contributed by atoms with Gasteiger partial charge in [0.25, 0.3) is 5.91 Å². The summed E-state index contributed by atoms with van der Waals surface area (Å²) < 4.78 is 25.5. The van der Waals surface area contributed by atoms with E-state index in [0.29, 0.717) is 28.6 Å². The Morgan fingerprint density at radius 3 is 2.59 bits per heavy atom. The summed E-state index contributed by atoms with van der Waals surface area (Å²) in [6, 6.07) is 17.7. The second-order valence-corrected chi connectivity index (χ2v) is 8.90. The van der Waals surface area contributed by atoms with Crippen molar-refractivity contribution in [2.45, 2.75) is 27.4 Å². The van der Waals surface area contributed by atoms with Crippen LogP contribution >= 0.6 is 11.8 Å². The summed E-state index contributed by atoms with van der Waals surface area (Å²) in [4.78, 5) is 15.0. The van der Waals surface area contributed by atoms with Gasteiger partial charge in [0.15, 0.2) is 16.7 Å². The van der Waals surface area contributed by atoms with Gasteiger partial charge in [0.2, 0.25) is 0 Å². The first-order chi connectivity index (χ1) is 16.4. The third-order valence-corrected chi connectivity index (χ3v) is 6.22. The summed E-state index contributed by atoms with van der Waals surface area (Å²) in [5, 5.41) is 8.55. The van der Waals surface area contributed by atoms with E-state index >= 15 is 0 Å². The fourth-order valence-corrected chi connectivity index (χ4v) is 4.44. The quantitative estimate of drug-likeness (QED) is 0.397. The highest BCUT2D eigenvalue weighted by atomic mass is 32.2. The molecule has 0 spiro atoms. The first-order valence-corrected chi connectivity index (χ1v) is 11.7. The van der Waals surface area contributed by atoms with E-state index in [4.69, 9.17) is 14.9 Å². The molecule has 1 heterocycles. The third kappa shape index (κ3) is 4.99. The van der Waals surface area contributed by atoms with Crippen molar-refractivity contribution in [2.24, 2.45) is 0 Å². The Morgan fingerprint density at radius 2 is 1.82 bits per heavy atom. The molecule has 1 amide bonds. The number of thioether (sulfide) groups is 1. The highest BCUT2D eigenvalue weighted by molar-refractivity contribution is 8.19. The number of amidine groups is 1. The minimum absolute atomic E-state index is 0.0729. The third-order valence-electron chi connectivity index (χ3n) is 5.34. The molecule has 7 heteroatoms. The van der Waals surface area contributed by atoms with Gasteiger partial charge in [-0.3, -0.25) is 15.1 Å². The highest BCUT2D eigenvalue weighted by Crippen LogP contribution is 2.38. The number of hydrogen-bond donors (Lipinski definition) is 1. The summed E-state index contributed by atoms with van der Waals surface area (Å²) in [5.41, 5.74) is 3.87. The molecule has 1 aliphatic heterocycles. The number of aryl methyl sites for hydroxylation is 2. The van der Waals surface area contributed by atoms with E-state index in [0.717, 1.165) is 34.1 Å². The van der Waals surface area contributed by atoms with E-state index in [9.17, 15) is 9.18 Å². The molecule has 3 aromatic carbocycles. The molecule has 5 nitrogen and oxygen atoms in total. The number of amides is 1. The summed E-state index contributed by atoms with van der Waals surface area (Å²) in [6.45, 7) is 6.25. The minimum Gasteiger partial charge on any atom is -0.490 e. The molecule has 0 unspecified atom stereocenters. The zero-order valence-electron chi connectivity index (χ0n) is 19.2. The maximum absolute atomic E-state index is 13.9. The maximum atomic E-state index is 13.9. The molecule has 0 bridgehead atoms. The standard InChI is InChI=1S/C27H25FN2O3S/c1-4-32-24-14-19(11-12-23(24)33-16-20-7-5-6-8-21(20)28)15-25-26(31)30(27(29)34-25)22-13-17(2)9-10-18(22)3/h5-15,29H,4,16H2,1-3H3/b25-15-,29-27?. The molecule has 0 radical (unpaired) electrons. The largest absolute Gasteiger partial charge is 0.490 e. The van der Waals surface area contributed by atoms with Crippen LogP contribution in [0.5, 0.6) is 11.5 Å². The van der Waals surface area contributed by atoms with Crippen molar-refractivity contribution >= 4 is 34.6 Å². The average molecular weight is 477 g/mol. The molecule has 4 rings (SSSR count). The number of anilines is 1. The summed E-state index contributed by atoms with van der Waals surface area (Å²) in [7, 11) is 0. The predicted molar refractivity (Wildman–Crippen MR) is 135 cm³/mol. The van der Waals surface area contributed by atoms with E-state index in [1.807, 2.05) is 45.0 Å². The number of rotatable bonds is 7.